The average molecular weight is 368 g/mol. The maximum absolute atomic E-state index is 12.9. The van der Waals surface area contributed by atoms with E-state index in [1.165, 1.54) is 11.3 Å². The molecule has 1 fully saturated rings. The number of pyridine rings is 1. The van der Waals surface area contributed by atoms with Crippen molar-refractivity contribution in [3.05, 3.63) is 59.1 Å². The fourth-order valence-electron chi connectivity index (χ4n) is 3.18. The molecular weight excluding hydrogens is 348 g/mol. The van der Waals surface area contributed by atoms with Crippen molar-refractivity contribution in [3.63, 3.8) is 0 Å². The van der Waals surface area contributed by atoms with Crippen LogP contribution in [-0.2, 0) is 11.2 Å². The lowest BCUT2D eigenvalue weighted by Crippen LogP contribution is -2.49. The minimum Gasteiger partial charge on any atom is -0.459 e. The second-order valence-corrected chi connectivity index (χ2v) is 7.18. The molecule has 7 heteroatoms. The first-order chi connectivity index (χ1) is 12.7. The summed E-state index contributed by atoms with van der Waals surface area (Å²) < 4.78 is 5.62. The molecule has 1 amide bonds. The normalized spacial score (nSPS) is 17.4. The van der Waals surface area contributed by atoms with E-state index >= 15 is 0 Å². The molecule has 0 aliphatic carbocycles. The predicted molar refractivity (Wildman–Crippen MR) is 99.8 cm³/mol. The van der Waals surface area contributed by atoms with Crippen LogP contribution in [0.5, 0.6) is 0 Å². The van der Waals surface area contributed by atoms with Gasteiger partial charge in [0.2, 0.25) is 5.91 Å². The van der Waals surface area contributed by atoms with Gasteiger partial charge in [0.15, 0.2) is 10.8 Å². The first kappa shape index (κ1) is 16.9. The standard InChI is InChI=1S/C19H20N4O2S/c1-13-4-5-17(25-13)19-22-15(12-26-19)9-18(24)23-8-7-21-11-16(23)14-3-2-6-20-10-14/h2-6,10,12,16,21H,7-9,11H2,1H3. The molecule has 134 valence electrons. The molecule has 4 heterocycles. The van der Waals surface area contributed by atoms with E-state index in [1.807, 2.05) is 47.7 Å². The highest BCUT2D eigenvalue weighted by Crippen LogP contribution is 2.27. The number of hydrogen-bond donors (Lipinski definition) is 1. The quantitative estimate of drug-likeness (QED) is 0.767. The maximum Gasteiger partial charge on any atom is 0.229 e. The van der Waals surface area contributed by atoms with Crippen LogP contribution in [0.15, 0.2) is 46.5 Å². The Labute approximate surface area is 155 Å². The summed E-state index contributed by atoms with van der Waals surface area (Å²) in [7, 11) is 0. The van der Waals surface area contributed by atoms with E-state index in [1.54, 1.807) is 6.20 Å². The van der Waals surface area contributed by atoms with Crippen LogP contribution in [0.4, 0.5) is 0 Å². The van der Waals surface area contributed by atoms with E-state index in [0.717, 1.165) is 40.9 Å². The van der Waals surface area contributed by atoms with Crippen LogP contribution in [0.3, 0.4) is 0 Å². The summed E-state index contributed by atoms with van der Waals surface area (Å²) >= 11 is 1.50. The fourth-order valence-corrected chi connectivity index (χ4v) is 3.96. The number of carbonyl (C=O) groups excluding carboxylic acids is 1. The predicted octanol–water partition coefficient (Wildman–Crippen LogP) is 2.82. The molecular formula is C19H20N4O2S. The molecule has 3 aromatic heterocycles. The maximum atomic E-state index is 12.9. The molecule has 4 rings (SSSR count). The molecule has 0 aromatic carbocycles. The van der Waals surface area contributed by atoms with Gasteiger partial charge in [-0.05, 0) is 30.7 Å². The third-order valence-electron chi connectivity index (χ3n) is 4.47. The molecule has 0 saturated carbocycles. The molecule has 1 aliphatic heterocycles. The van der Waals surface area contributed by atoms with E-state index in [4.69, 9.17) is 4.42 Å². The van der Waals surface area contributed by atoms with Gasteiger partial charge in [-0.2, -0.15) is 0 Å². The Morgan fingerprint density at radius 2 is 2.35 bits per heavy atom. The Morgan fingerprint density at radius 3 is 3.12 bits per heavy atom. The van der Waals surface area contributed by atoms with Gasteiger partial charge in [-0.1, -0.05) is 6.07 Å². The minimum absolute atomic E-state index is 0.00998. The summed E-state index contributed by atoms with van der Waals surface area (Å²) in [5.74, 6) is 1.70. The van der Waals surface area contributed by atoms with Gasteiger partial charge in [0.25, 0.3) is 0 Å². The number of furan rings is 1. The van der Waals surface area contributed by atoms with Crippen molar-refractivity contribution < 1.29 is 9.21 Å². The number of nitrogens with zero attached hydrogens (tertiary/aromatic N) is 3. The van der Waals surface area contributed by atoms with Crippen molar-refractivity contribution in [2.75, 3.05) is 19.6 Å². The first-order valence-corrected chi connectivity index (χ1v) is 9.50. The molecule has 1 unspecified atom stereocenters. The zero-order chi connectivity index (χ0) is 17.9. The van der Waals surface area contributed by atoms with Crippen LogP contribution >= 0.6 is 11.3 Å². The van der Waals surface area contributed by atoms with E-state index < -0.39 is 0 Å². The van der Waals surface area contributed by atoms with Crippen molar-refractivity contribution in [3.8, 4) is 10.8 Å². The van der Waals surface area contributed by atoms with Crippen molar-refractivity contribution in [2.45, 2.75) is 19.4 Å². The molecule has 1 N–H and O–H groups in total. The lowest BCUT2D eigenvalue weighted by Gasteiger charge is -2.36. The Bertz CT molecular complexity index is 890. The molecule has 1 atom stereocenters. The lowest BCUT2D eigenvalue weighted by molar-refractivity contribution is -0.133. The van der Waals surface area contributed by atoms with Gasteiger partial charge in [0, 0.05) is 37.4 Å². The summed E-state index contributed by atoms with van der Waals surface area (Å²) in [6.45, 7) is 4.14. The number of carbonyl (C=O) groups is 1. The molecule has 0 bridgehead atoms. The van der Waals surface area contributed by atoms with E-state index in [-0.39, 0.29) is 11.9 Å². The molecule has 26 heavy (non-hydrogen) atoms. The van der Waals surface area contributed by atoms with Crippen molar-refractivity contribution >= 4 is 17.2 Å². The number of piperazine rings is 1. The number of thiazole rings is 1. The second kappa shape index (κ2) is 7.39. The largest absolute Gasteiger partial charge is 0.459 e. The second-order valence-electron chi connectivity index (χ2n) is 6.32. The third-order valence-corrected chi connectivity index (χ3v) is 5.37. The van der Waals surface area contributed by atoms with E-state index in [2.05, 4.69) is 15.3 Å². The highest BCUT2D eigenvalue weighted by Gasteiger charge is 2.28. The Hall–Kier alpha value is -2.51. The number of nitrogens with one attached hydrogen (secondary N) is 1. The highest BCUT2D eigenvalue weighted by atomic mass is 32.1. The van der Waals surface area contributed by atoms with Crippen LogP contribution in [0.1, 0.15) is 23.1 Å². The van der Waals surface area contributed by atoms with Crippen molar-refractivity contribution in [2.24, 2.45) is 0 Å². The zero-order valence-corrected chi connectivity index (χ0v) is 15.3. The van der Waals surface area contributed by atoms with Crippen LogP contribution in [0.25, 0.3) is 10.8 Å². The summed E-state index contributed by atoms with van der Waals surface area (Å²) in [5, 5.41) is 6.11. The fraction of sp³-hybridized carbons (Fsp3) is 0.316. The van der Waals surface area contributed by atoms with Gasteiger partial charge in [-0.25, -0.2) is 4.98 Å². The minimum atomic E-state index is 0.00998. The van der Waals surface area contributed by atoms with Crippen molar-refractivity contribution in [1.82, 2.24) is 20.2 Å². The summed E-state index contributed by atoms with van der Waals surface area (Å²) in [5.41, 5.74) is 1.84. The molecule has 3 aromatic rings. The Kier molecular flexibility index (Phi) is 4.81. The number of hydrogen-bond acceptors (Lipinski definition) is 6. The summed E-state index contributed by atoms with van der Waals surface area (Å²) in [6, 6.07) is 7.77. The zero-order valence-electron chi connectivity index (χ0n) is 14.5. The molecule has 6 nitrogen and oxygen atoms in total. The summed E-state index contributed by atoms with van der Waals surface area (Å²) in [6.07, 6.45) is 3.88. The molecule has 1 aliphatic rings. The third kappa shape index (κ3) is 3.54. The number of amides is 1. The first-order valence-electron chi connectivity index (χ1n) is 8.62. The van der Waals surface area contributed by atoms with Crippen LogP contribution < -0.4 is 5.32 Å². The van der Waals surface area contributed by atoms with Crippen LogP contribution in [0, 0.1) is 6.92 Å². The lowest BCUT2D eigenvalue weighted by atomic mass is 10.0. The summed E-state index contributed by atoms with van der Waals surface area (Å²) in [4.78, 5) is 23.6. The Morgan fingerprint density at radius 1 is 1.42 bits per heavy atom. The SMILES string of the molecule is Cc1ccc(-c2nc(CC(=O)N3CCNCC3c3cccnc3)cs2)o1. The molecule has 1 saturated heterocycles. The molecule has 0 spiro atoms. The monoisotopic (exact) mass is 368 g/mol. The molecule has 0 radical (unpaired) electrons. The van der Waals surface area contributed by atoms with E-state index in [0.29, 0.717) is 13.0 Å². The topological polar surface area (TPSA) is 71.3 Å². The number of aromatic nitrogens is 2. The van der Waals surface area contributed by atoms with Gasteiger partial charge < -0.3 is 14.6 Å². The van der Waals surface area contributed by atoms with Crippen LogP contribution in [0.2, 0.25) is 0 Å². The van der Waals surface area contributed by atoms with Gasteiger partial charge in [0.05, 0.1) is 18.2 Å². The number of aryl methyl sites for hydroxylation is 1. The van der Waals surface area contributed by atoms with Gasteiger partial charge >= 0.3 is 0 Å². The number of rotatable bonds is 4. The van der Waals surface area contributed by atoms with Gasteiger partial charge in [0.1, 0.15) is 5.76 Å². The highest BCUT2D eigenvalue weighted by molar-refractivity contribution is 7.13. The van der Waals surface area contributed by atoms with E-state index in [9.17, 15) is 4.79 Å². The van der Waals surface area contributed by atoms with Crippen LogP contribution in [-0.4, -0.2) is 40.4 Å². The van der Waals surface area contributed by atoms with Gasteiger partial charge in [-0.15, -0.1) is 11.3 Å². The van der Waals surface area contributed by atoms with Crippen molar-refractivity contribution in [1.29, 1.82) is 0 Å². The smallest absolute Gasteiger partial charge is 0.229 e. The average Bonchev–Trinajstić information content (AvgIpc) is 3.31. The Balaban J connectivity index is 1.49. The van der Waals surface area contributed by atoms with Gasteiger partial charge in [-0.3, -0.25) is 9.78 Å².